The quantitative estimate of drug-likeness (QED) is 0.360. The van der Waals surface area contributed by atoms with Crippen molar-refractivity contribution in [3.8, 4) is 0 Å². The van der Waals surface area contributed by atoms with Gasteiger partial charge in [-0.2, -0.15) is 4.31 Å². The average molecular weight is 521 g/mol. The topological polar surface area (TPSA) is 101 Å². The molecule has 0 saturated carbocycles. The van der Waals surface area contributed by atoms with Gasteiger partial charge < -0.3 is 5.32 Å². The second-order valence-corrected chi connectivity index (χ2v) is 12.1. The van der Waals surface area contributed by atoms with E-state index in [0.29, 0.717) is 23.9 Å². The second-order valence-electron chi connectivity index (χ2n) is 8.10. The van der Waals surface area contributed by atoms with Crippen molar-refractivity contribution >= 4 is 54.9 Å². The van der Waals surface area contributed by atoms with Crippen LogP contribution in [-0.2, 0) is 34.7 Å². The Morgan fingerprint density at radius 3 is 2.71 bits per heavy atom. The van der Waals surface area contributed by atoms with Crippen molar-refractivity contribution < 1.29 is 13.2 Å². The molecule has 1 aliphatic carbocycles. The van der Waals surface area contributed by atoms with E-state index in [0.717, 1.165) is 41.5 Å². The standard InChI is InChI=1S/C23H28N4O4S3/c1-4-27(5-2)34(30,31)16-10-8-9-15(13-16)24-19(28)14-32-23-25-21-20(22(29)26(23)3)17-11-6-7-12-18(17)33-21/h8-10,13H,4-7,11-12,14H2,1-3H3,(H,24,28). The normalized spacial score (nSPS) is 13.9. The first kappa shape index (κ1) is 24.9. The van der Waals surface area contributed by atoms with Crippen molar-refractivity contribution in [3.63, 3.8) is 0 Å². The fourth-order valence-electron chi connectivity index (χ4n) is 4.17. The summed E-state index contributed by atoms with van der Waals surface area (Å²) in [6.07, 6.45) is 4.15. The van der Waals surface area contributed by atoms with Crippen LogP contribution in [0.15, 0.2) is 39.1 Å². The van der Waals surface area contributed by atoms with Crippen molar-refractivity contribution in [1.82, 2.24) is 13.9 Å². The highest BCUT2D eigenvalue weighted by Crippen LogP contribution is 2.34. The largest absolute Gasteiger partial charge is 0.325 e. The number of nitrogens with zero attached hydrogens (tertiary/aromatic N) is 3. The van der Waals surface area contributed by atoms with Crippen LogP contribution < -0.4 is 10.9 Å². The number of sulfonamides is 1. The molecule has 0 atom stereocenters. The number of rotatable bonds is 8. The number of aryl methyl sites for hydroxylation is 2. The lowest BCUT2D eigenvalue weighted by Crippen LogP contribution is -2.30. The Morgan fingerprint density at radius 2 is 1.97 bits per heavy atom. The summed E-state index contributed by atoms with van der Waals surface area (Å²) in [5.74, 6) is -0.258. The Bertz CT molecular complexity index is 1390. The molecule has 0 unspecified atom stereocenters. The number of benzene rings is 1. The number of aromatic nitrogens is 2. The fraction of sp³-hybridized carbons (Fsp3) is 0.435. The first-order chi connectivity index (χ1) is 16.3. The zero-order valence-corrected chi connectivity index (χ0v) is 21.9. The Morgan fingerprint density at radius 1 is 1.24 bits per heavy atom. The van der Waals surface area contributed by atoms with Crippen LogP contribution in [0, 0.1) is 0 Å². The van der Waals surface area contributed by atoms with E-state index >= 15 is 0 Å². The summed E-state index contributed by atoms with van der Waals surface area (Å²) >= 11 is 2.78. The van der Waals surface area contributed by atoms with Gasteiger partial charge in [-0.3, -0.25) is 14.2 Å². The highest BCUT2D eigenvalue weighted by atomic mass is 32.2. The first-order valence-corrected chi connectivity index (χ1v) is 14.5. The molecule has 1 N–H and O–H groups in total. The van der Waals surface area contributed by atoms with Gasteiger partial charge in [0.15, 0.2) is 5.16 Å². The molecule has 4 rings (SSSR count). The summed E-state index contributed by atoms with van der Waals surface area (Å²) < 4.78 is 28.4. The lowest BCUT2D eigenvalue weighted by atomic mass is 9.97. The van der Waals surface area contributed by atoms with Gasteiger partial charge in [0.05, 0.1) is 16.0 Å². The van der Waals surface area contributed by atoms with E-state index in [2.05, 4.69) is 10.3 Å². The van der Waals surface area contributed by atoms with Crippen molar-refractivity contribution in [3.05, 3.63) is 45.1 Å². The van der Waals surface area contributed by atoms with Gasteiger partial charge >= 0.3 is 0 Å². The number of fused-ring (bicyclic) bond motifs is 3. The van der Waals surface area contributed by atoms with E-state index in [1.54, 1.807) is 44.4 Å². The van der Waals surface area contributed by atoms with Crippen molar-refractivity contribution in [2.75, 3.05) is 24.2 Å². The zero-order valence-electron chi connectivity index (χ0n) is 19.5. The molecule has 0 bridgehead atoms. The van der Waals surface area contributed by atoms with Crippen LogP contribution in [0.2, 0.25) is 0 Å². The average Bonchev–Trinajstić information content (AvgIpc) is 3.19. The van der Waals surface area contributed by atoms with E-state index in [1.165, 1.54) is 37.6 Å². The molecular weight excluding hydrogens is 492 g/mol. The Labute approximate surface area is 207 Å². The van der Waals surface area contributed by atoms with E-state index in [9.17, 15) is 18.0 Å². The van der Waals surface area contributed by atoms with Crippen LogP contribution in [0.3, 0.4) is 0 Å². The SMILES string of the molecule is CCN(CC)S(=O)(=O)c1cccc(NC(=O)CSc2nc3sc4c(c3c(=O)n2C)CCCC4)c1. The third kappa shape index (κ3) is 4.79. The summed E-state index contributed by atoms with van der Waals surface area (Å²) in [5.41, 5.74) is 1.48. The van der Waals surface area contributed by atoms with Crippen molar-refractivity contribution in [2.45, 2.75) is 49.6 Å². The van der Waals surface area contributed by atoms with E-state index in [-0.39, 0.29) is 22.1 Å². The third-order valence-corrected chi connectivity index (χ3v) is 10.2. The molecule has 2 heterocycles. The Hall–Kier alpha value is -2.21. The highest BCUT2D eigenvalue weighted by molar-refractivity contribution is 7.99. The molecule has 1 aromatic carbocycles. The second kappa shape index (κ2) is 10.2. The van der Waals surface area contributed by atoms with E-state index in [4.69, 9.17) is 0 Å². The van der Waals surface area contributed by atoms with Gasteiger partial charge in [0.1, 0.15) is 4.83 Å². The van der Waals surface area contributed by atoms with Crippen molar-refractivity contribution in [1.29, 1.82) is 0 Å². The van der Waals surface area contributed by atoms with Gasteiger partial charge in [-0.05, 0) is 49.4 Å². The van der Waals surface area contributed by atoms with Gasteiger partial charge in [0, 0.05) is 30.7 Å². The number of carbonyl (C=O) groups is 1. The Kier molecular flexibility index (Phi) is 7.46. The molecule has 0 aliphatic heterocycles. The number of hydrogen-bond donors (Lipinski definition) is 1. The van der Waals surface area contributed by atoms with Crippen LogP contribution in [0.4, 0.5) is 5.69 Å². The summed E-state index contributed by atoms with van der Waals surface area (Å²) in [6.45, 7) is 4.31. The molecule has 182 valence electrons. The summed E-state index contributed by atoms with van der Waals surface area (Å²) in [5, 5.41) is 3.97. The van der Waals surface area contributed by atoms with Gasteiger partial charge in [0.25, 0.3) is 5.56 Å². The minimum atomic E-state index is -3.62. The molecule has 0 saturated heterocycles. The molecule has 2 aromatic heterocycles. The van der Waals surface area contributed by atoms with Crippen LogP contribution in [0.1, 0.15) is 37.1 Å². The molecule has 1 aliphatic rings. The van der Waals surface area contributed by atoms with Gasteiger partial charge in [-0.1, -0.05) is 31.7 Å². The monoisotopic (exact) mass is 520 g/mol. The molecule has 0 fully saturated rings. The third-order valence-electron chi connectivity index (χ3n) is 5.95. The lowest BCUT2D eigenvalue weighted by Gasteiger charge is -2.18. The maximum absolute atomic E-state index is 13.0. The molecule has 34 heavy (non-hydrogen) atoms. The predicted molar refractivity (Wildman–Crippen MR) is 137 cm³/mol. The van der Waals surface area contributed by atoms with Crippen LogP contribution in [0.5, 0.6) is 0 Å². The molecule has 0 spiro atoms. The fourth-order valence-corrected chi connectivity index (χ4v) is 7.75. The molecule has 0 radical (unpaired) electrons. The van der Waals surface area contributed by atoms with Crippen molar-refractivity contribution in [2.24, 2.45) is 7.05 Å². The minimum Gasteiger partial charge on any atom is -0.325 e. The summed E-state index contributed by atoms with van der Waals surface area (Å²) in [6, 6.07) is 6.25. The predicted octanol–water partition coefficient (Wildman–Crippen LogP) is 3.64. The van der Waals surface area contributed by atoms with E-state index in [1.807, 2.05) is 0 Å². The molecule has 8 nitrogen and oxygen atoms in total. The Balaban J connectivity index is 1.49. The van der Waals surface area contributed by atoms with Crippen LogP contribution in [-0.4, -0.2) is 47.0 Å². The number of thioether (sulfide) groups is 1. The van der Waals surface area contributed by atoms with Gasteiger partial charge in [-0.15, -0.1) is 11.3 Å². The van der Waals surface area contributed by atoms with Gasteiger partial charge in [0.2, 0.25) is 15.9 Å². The van der Waals surface area contributed by atoms with Crippen LogP contribution >= 0.6 is 23.1 Å². The molecule has 11 heteroatoms. The van der Waals surface area contributed by atoms with Crippen LogP contribution in [0.25, 0.3) is 10.2 Å². The highest BCUT2D eigenvalue weighted by Gasteiger charge is 2.23. The minimum absolute atomic E-state index is 0.0455. The smallest absolute Gasteiger partial charge is 0.262 e. The lowest BCUT2D eigenvalue weighted by molar-refractivity contribution is -0.113. The number of anilines is 1. The number of thiophene rings is 1. The maximum atomic E-state index is 13.0. The molecule has 1 amide bonds. The van der Waals surface area contributed by atoms with E-state index < -0.39 is 10.0 Å². The number of hydrogen-bond acceptors (Lipinski definition) is 7. The first-order valence-electron chi connectivity index (χ1n) is 11.3. The van der Waals surface area contributed by atoms with Gasteiger partial charge in [-0.25, -0.2) is 13.4 Å². The number of amides is 1. The maximum Gasteiger partial charge on any atom is 0.262 e. The number of carbonyl (C=O) groups excluding carboxylic acids is 1. The summed E-state index contributed by atoms with van der Waals surface area (Å²) in [4.78, 5) is 32.4. The molecule has 3 aromatic rings. The zero-order chi connectivity index (χ0) is 24.5. The number of nitrogens with one attached hydrogen (secondary N) is 1. The molecular formula is C23H28N4O4S3. The summed E-state index contributed by atoms with van der Waals surface area (Å²) in [7, 11) is -1.93.